The molecule has 0 saturated heterocycles. The third-order valence-corrected chi connectivity index (χ3v) is 5.39. The lowest BCUT2D eigenvalue weighted by molar-refractivity contribution is -0.137. The van der Waals surface area contributed by atoms with Crippen molar-refractivity contribution in [3.05, 3.63) is 75.4 Å². The minimum Gasteiger partial charge on any atom is -0.326 e. The van der Waals surface area contributed by atoms with E-state index in [2.05, 4.69) is 21.2 Å². The number of allylic oxidation sites excluding steroid dienone is 1. The zero-order chi connectivity index (χ0) is 20.1. The van der Waals surface area contributed by atoms with Crippen LogP contribution in [0.25, 0.3) is 0 Å². The van der Waals surface area contributed by atoms with Crippen molar-refractivity contribution in [2.24, 2.45) is 0 Å². The summed E-state index contributed by atoms with van der Waals surface area (Å²) in [7, 11) is 0. The molecule has 0 spiro atoms. The Labute approximate surface area is 167 Å². The smallest absolute Gasteiger partial charge is 0.326 e. The van der Waals surface area contributed by atoms with Gasteiger partial charge < -0.3 is 5.32 Å². The van der Waals surface area contributed by atoms with E-state index in [1.54, 1.807) is 24.3 Å². The number of carbonyl (C=O) groups is 2. The number of anilines is 1. The van der Waals surface area contributed by atoms with Crippen LogP contribution in [0.1, 0.15) is 30.0 Å². The van der Waals surface area contributed by atoms with Gasteiger partial charge in [-0.25, -0.2) is 4.79 Å². The van der Waals surface area contributed by atoms with E-state index in [0.29, 0.717) is 17.7 Å². The van der Waals surface area contributed by atoms with E-state index in [-0.39, 0.29) is 17.9 Å². The number of halogens is 4. The van der Waals surface area contributed by atoms with E-state index in [0.717, 1.165) is 22.2 Å². The molecule has 0 bridgehead atoms. The van der Waals surface area contributed by atoms with Gasteiger partial charge in [0.25, 0.3) is 0 Å². The highest BCUT2D eigenvalue weighted by Gasteiger charge is 2.41. The molecule has 1 aliphatic carbocycles. The first-order valence-electron chi connectivity index (χ1n) is 8.55. The molecule has 28 heavy (non-hydrogen) atoms. The zero-order valence-electron chi connectivity index (χ0n) is 14.4. The Morgan fingerprint density at radius 2 is 1.75 bits per heavy atom. The number of ketones is 1. The summed E-state index contributed by atoms with van der Waals surface area (Å²) in [6.07, 6.45) is -3.99. The first kappa shape index (κ1) is 18.7. The predicted octanol–water partition coefficient (Wildman–Crippen LogP) is 5.36. The Bertz CT molecular complexity index is 999. The number of hydrogen-bond acceptors (Lipinski definition) is 2. The minimum atomic E-state index is -4.52. The summed E-state index contributed by atoms with van der Waals surface area (Å²) in [5.41, 5.74) is 0.867. The second-order valence-electron chi connectivity index (χ2n) is 6.60. The van der Waals surface area contributed by atoms with Crippen molar-refractivity contribution >= 4 is 33.4 Å². The van der Waals surface area contributed by atoms with Crippen LogP contribution in [0.3, 0.4) is 0 Å². The van der Waals surface area contributed by atoms with Gasteiger partial charge in [-0.2, -0.15) is 13.2 Å². The second-order valence-corrected chi connectivity index (χ2v) is 7.52. The standard InChI is InChI=1S/C20H14BrF3N2O2/c21-13-6-4-11(5-7-13)18-17-15(8-9-16(17)27)26(19(28)25-18)14-3-1-2-12(10-14)20(22,23)24/h1-7,10,18H,8-9H2,(H,25,28)/t18-/m1/s1. The maximum atomic E-state index is 13.1. The summed E-state index contributed by atoms with van der Waals surface area (Å²) in [6, 6.07) is 10.6. The third kappa shape index (κ3) is 3.22. The fraction of sp³-hybridized carbons (Fsp3) is 0.200. The topological polar surface area (TPSA) is 49.4 Å². The number of alkyl halides is 3. The average Bonchev–Trinajstić information content (AvgIpc) is 3.03. The molecule has 0 aromatic heterocycles. The molecule has 4 rings (SSSR count). The average molecular weight is 451 g/mol. The molecule has 1 atom stereocenters. The van der Waals surface area contributed by atoms with Crippen molar-refractivity contribution in [3.8, 4) is 0 Å². The van der Waals surface area contributed by atoms with Gasteiger partial charge in [-0.1, -0.05) is 34.1 Å². The summed E-state index contributed by atoms with van der Waals surface area (Å²) in [6.45, 7) is 0. The lowest BCUT2D eigenvalue weighted by atomic mass is 9.95. The van der Waals surface area contributed by atoms with Gasteiger partial charge in [-0.3, -0.25) is 9.69 Å². The molecule has 0 fully saturated rings. The van der Waals surface area contributed by atoms with Crippen LogP contribution >= 0.6 is 15.9 Å². The number of Topliss-reactive ketones (excluding diaryl/α,β-unsaturated/α-hetero) is 1. The molecule has 1 N–H and O–H groups in total. The Balaban J connectivity index is 1.81. The summed E-state index contributed by atoms with van der Waals surface area (Å²) < 4.78 is 40.1. The number of nitrogens with zero attached hydrogens (tertiary/aromatic N) is 1. The van der Waals surface area contributed by atoms with Gasteiger partial charge in [0.2, 0.25) is 0 Å². The molecule has 1 heterocycles. The van der Waals surface area contributed by atoms with Gasteiger partial charge in [-0.05, 0) is 42.3 Å². The van der Waals surface area contributed by atoms with Crippen LogP contribution in [-0.4, -0.2) is 11.8 Å². The van der Waals surface area contributed by atoms with Crippen molar-refractivity contribution in [2.75, 3.05) is 4.90 Å². The zero-order valence-corrected chi connectivity index (χ0v) is 16.0. The number of benzene rings is 2. The molecule has 144 valence electrons. The summed E-state index contributed by atoms with van der Waals surface area (Å²) >= 11 is 3.35. The molecule has 2 aliphatic rings. The van der Waals surface area contributed by atoms with Gasteiger partial charge in [-0.15, -0.1) is 0 Å². The quantitative estimate of drug-likeness (QED) is 0.669. The molecule has 1 aliphatic heterocycles. The lowest BCUT2D eigenvalue weighted by Crippen LogP contribution is -2.47. The van der Waals surface area contributed by atoms with Gasteiger partial charge >= 0.3 is 12.2 Å². The fourth-order valence-corrected chi connectivity index (χ4v) is 3.87. The maximum absolute atomic E-state index is 13.1. The number of urea groups is 1. The molecule has 0 unspecified atom stereocenters. The first-order chi connectivity index (χ1) is 13.3. The minimum absolute atomic E-state index is 0.0868. The molecule has 8 heteroatoms. The van der Waals surface area contributed by atoms with E-state index in [9.17, 15) is 22.8 Å². The first-order valence-corrected chi connectivity index (χ1v) is 9.34. The van der Waals surface area contributed by atoms with E-state index in [4.69, 9.17) is 0 Å². The van der Waals surface area contributed by atoms with Crippen molar-refractivity contribution in [1.29, 1.82) is 0 Å². The lowest BCUT2D eigenvalue weighted by Gasteiger charge is -2.34. The van der Waals surface area contributed by atoms with E-state index in [1.165, 1.54) is 17.0 Å². The van der Waals surface area contributed by atoms with E-state index < -0.39 is 23.8 Å². The normalized spacial score (nSPS) is 19.7. The highest BCUT2D eigenvalue weighted by atomic mass is 79.9. The Kier molecular flexibility index (Phi) is 4.53. The number of carbonyl (C=O) groups excluding carboxylic acids is 2. The van der Waals surface area contributed by atoms with Crippen LogP contribution in [0, 0.1) is 0 Å². The number of hydrogen-bond donors (Lipinski definition) is 1. The van der Waals surface area contributed by atoms with Gasteiger partial charge in [0.05, 0.1) is 17.3 Å². The van der Waals surface area contributed by atoms with E-state index in [1.807, 2.05) is 0 Å². The van der Waals surface area contributed by atoms with Crippen LogP contribution in [0.15, 0.2) is 64.3 Å². The molecule has 2 amide bonds. The molecule has 2 aromatic carbocycles. The van der Waals surface area contributed by atoms with Gasteiger partial charge in [0, 0.05) is 22.2 Å². The number of amides is 2. The molecule has 0 radical (unpaired) electrons. The summed E-state index contributed by atoms with van der Waals surface area (Å²) in [5.74, 6) is -0.111. The molecule has 0 saturated carbocycles. The highest BCUT2D eigenvalue weighted by molar-refractivity contribution is 9.10. The SMILES string of the molecule is O=C1CCC2=C1[C@@H](c1ccc(Br)cc1)NC(=O)N2c1cccc(C(F)(F)F)c1. The van der Waals surface area contributed by atoms with Crippen LogP contribution < -0.4 is 10.2 Å². The maximum Gasteiger partial charge on any atom is 0.416 e. The van der Waals surface area contributed by atoms with E-state index >= 15 is 0 Å². The largest absolute Gasteiger partial charge is 0.416 e. The monoisotopic (exact) mass is 450 g/mol. The Morgan fingerprint density at radius 3 is 2.43 bits per heavy atom. The van der Waals surface area contributed by atoms with Gasteiger partial charge in [0.1, 0.15) is 0 Å². The van der Waals surface area contributed by atoms with Crippen LogP contribution in [0.4, 0.5) is 23.7 Å². The molecule has 4 nitrogen and oxygen atoms in total. The van der Waals surface area contributed by atoms with Crippen molar-refractivity contribution in [3.63, 3.8) is 0 Å². The van der Waals surface area contributed by atoms with Crippen LogP contribution in [0.2, 0.25) is 0 Å². The molecule has 2 aromatic rings. The van der Waals surface area contributed by atoms with Crippen molar-refractivity contribution in [2.45, 2.75) is 25.1 Å². The number of nitrogens with one attached hydrogen (secondary N) is 1. The highest BCUT2D eigenvalue weighted by Crippen LogP contribution is 2.41. The Morgan fingerprint density at radius 1 is 1.04 bits per heavy atom. The second kappa shape index (κ2) is 6.77. The third-order valence-electron chi connectivity index (χ3n) is 4.86. The predicted molar refractivity (Wildman–Crippen MR) is 101 cm³/mol. The van der Waals surface area contributed by atoms with Crippen LogP contribution in [-0.2, 0) is 11.0 Å². The summed E-state index contributed by atoms with van der Waals surface area (Å²) in [4.78, 5) is 26.6. The fourth-order valence-electron chi connectivity index (χ4n) is 3.60. The summed E-state index contributed by atoms with van der Waals surface area (Å²) in [5, 5.41) is 2.77. The Hall–Kier alpha value is -2.61. The molecular weight excluding hydrogens is 437 g/mol. The van der Waals surface area contributed by atoms with Gasteiger partial charge in [0.15, 0.2) is 5.78 Å². The molecular formula is C20H14BrF3N2O2. The van der Waals surface area contributed by atoms with Crippen LogP contribution in [0.5, 0.6) is 0 Å². The van der Waals surface area contributed by atoms with Crippen molar-refractivity contribution in [1.82, 2.24) is 5.32 Å². The number of rotatable bonds is 2. The van der Waals surface area contributed by atoms with Crippen molar-refractivity contribution < 1.29 is 22.8 Å².